The third-order valence-electron chi connectivity index (χ3n) is 2.06. The number of aromatic nitrogens is 4. The van der Waals surface area contributed by atoms with Crippen LogP contribution in [0.15, 0.2) is 11.2 Å². The number of nitrogens with zero attached hydrogens (tertiary/aromatic N) is 5. The molecule has 0 aliphatic rings. The summed E-state index contributed by atoms with van der Waals surface area (Å²) in [6, 6.07) is 4.09. The molecule has 0 aliphatic carbocycles. The van der Waals surface area contributed by atoms with E-state index in [1.165, 1.54) is 11.8 Å². The molecule has 0 spiro atoms. The number of fused-ring (bicyclic) bond motifs is 1. The summed E-state index contributed by atoms with van der Waals surface area (Å²) in [4.78, 5) is 8.56. The van der Waals surface area contributed by atoms with Crippen LogP contribution in [0.1, 0.15) is 18.3 Å². The van der Waals surface area contributed by atoms with E-state index in [2.05, 4.69) is 21.1 Å². The van der Waals surface area contributed by atoms with Crippen LogP contribution in [0.25, 0.3) is 5.78 Å². The molecule has 0 amide bonds. The molecule has 2 aromatic rings. The van der Waals surface area contributed by atoms with Crippen LogP contribution in [-0.4, -0.2) is 24.8 Å². The van der Waals surface area contributed by atoms with Gasteiger partial charge in [0.05, 0.1) is 11.3 Å². The molecule has 0 saturated carbocycles. The van der Waals surface area contributed by atoms with Crippen LogP contribution in [0, 0.1) is 25.2 Å². The highest BCUT2D eigenvalue weighted by atomic mass is 32.2. The van der Waals surface area contributed by atoms with Gasteiger partial charge in [0.15, 0.2) is 0 Å². The average molecular weight is 233 g/mol. The van der Waals surface area contributed by atoms with Gasteiger partial charge in [-0.25, -0.2) is 9.50 Å². The Hall–Kier alpha value is -1.61. The second-order valence-corrected chi connectivity index (χ2v) is 4.84. The van der Waals surface area contributed by atoms with Crippen LogP contribution in [0.2, 0.25) is 0 Å². The minimum atomic E-state index is -0.154. The Morgan fingerprint density at radius 3 is 2.88 bits per heavy atom. The van der Waals surface area contributed by atoms with E-state index >= 15 is 0 Å². The second-order valence-electron chi connectivity index (χ2n) is 3.53. The SMILES string of the molecule is Cc1cc(C)n2nc(S[C@@H](C)C#N)nc2n1. The molecule has 0 aliphatic heterocycles. The largest absolute Gasteiger partial charge is 0.253 e. The van der Waals surface area contributed by atoms with E-state index in [4.69, 9.17) is 5.26 Å². The van der Waals surface area contributed by atoms with Gasteiger partial charge in [0.1, 0.15) is 0 Å². The van der Waals surface area contributed by atoms with E-state index in [1.54, 1.807) is 4.52 Å². The van der Waals surface area contributed by atoms with Gasteiger partial charge in [-0.05, 0) is 26.8 Å². The molecular formula is C10H11N5S. The van der Waals surface area contributed by atoms with Gasteiger partial charge in [0.25, 0.3) is 5.78 Å². The van der Waals surface area contributed by atoms with E-state index in [9.17, 15) is 0 Å². The van der Waals surface area contributed by atoms with Gasteiger partial charge < -0.3 is 0 Å². The third-order valence-corrected chi connectivity index (χ3v) is 2.91. The topological polar surface area (TPSA) is 66.9 Å². The van der Waals surface area contributed by atoms with Gasteiger partial charge in [-0.1, -0.05) is 11.8 Å². The number of rotatable bonds is 2. The first-order valence-corrected chi connectivity index (χ1v) is 5.75. The Kier molecular flexibility index (Phi) is 2.79. The lowest BCUT2D eigenvalue weighted by Crippen LogP contribution is -1.97. The summed E-state index contributed by atoms with van der Waals surface area (Å²) < 4.78 is 1.69. The summed E-state index contributed by atoms with van der Waals surface area (Å²) in [5.74, 6) is 0.588. The standard InChI is InChI=1S/C10H11N5S/c1-6-4-7(2)15-9(12-6)13-10(14-15)16-8(3)5-11/h4,8H,1-3H3/t8-/m0/s1. The number of thioether (sulfide) groups is 1. The fourth-order valence-electron chi connectivity index (χ4n) is 1.38. The van der Waals surface area contributed by atoms with Crippen LogP contribution < -0.4 is 0 Å². The molecule has 82 valence electrons. The van der Waals surface area contributed by atoms with Gasteiger partial charge in [-0.2, -0.15) is 10.2 Å². The number of hydrogen-bond acceptors (Lipinski definition) is 5. The minimum Gasteiger partial charge on any atom is -0.216 e. The molecule has 5 nitrogen and oxygen atoms in total. The zero-order valence-electron chi connectivity index (χ0n) is 9.30. The van der Waals surface area contributed by atoms with Gasteiger partial charge in [-0.15, -0.1) is 5.10 Å². The predicted octanol–water partition coefficient (Wildman–Crippen LogP) is 1.75. The Morgan fingerprint density at radius 2 is 2.19 bits per heavy atom. The van der Waals surface area contributed by atoms with E-state index in [1.807, 2.05) is 26.8 Å². The molecule has 0 N–H and O–H groups in total. The van der Waals surface area contributed by atoms with Gasteiger partial charge >= 0.3 is 0 Å². The van der Waals surface area contributed by atoms with Crippen molar-refractivity contribution >= 4 is 17.5 Å². The molecule has 0 bridgehead atoms. The van der Waals surface area contributed by atoms with Crippen LogP contribution in [0.5, 0.6) is 0 Å². The maximum Gasteiger partial charge on any atom is 0.253 e. The van der Waals surface area contributed by atoms with Crippen molar-refractivity contribution in [3.8, 4) is 6.07 Å². The Bertz CT molecular complexity index is 568. The van der Waals surface area contributed by atoms with E-state index in [0.717, 1.165) is 11.4 Å². The van der Waals surface area contributed by atoms with Crippen molar-refractivity contribution in [2.45, 2.75) is 31.2 Å². The molecule has 2 heterocycles. The average Bonchev–Trinajstić information content (AvgIpc) is 2.60. The van der Waals surface area contributed by atoms with Crippen molar-refractivity contribution < 1.29 is 0 Å². The minimum absolute atomic E-state index is 0.154. The normalized spacial score (nSPS) is 12.6. The quantitative estimate of drug-likeness (QED) is 0.739. The maximum atomic E-state index is 8.72. The summed E-state index contributed by atoms with van der Waals surface area (Å²) in [6.07, 6.45) is 0. The second kappa shape index (κ2) is 4.10. The van der Waals surface area contributed by atoms with Crippen LogP contribution in [0.3, 0.4) is 0 Å². The first-order chi connectivity index (χ1) is 7.60. The molecule has 16 heavy (non-hydrogen) atoms. The molecule has 0 radical (unpaired) electrons. The van der Waals surface area contributed by atoms with Gasteiger partial charge in [-0.3, -0.25) is 0 Å². The molecule has 0 saturated heterocycles. The highest BCUT2D eigenvalue weighted by molar-refractivity contribution is 8.00. The lowest BCUT2D eigenvalue weighted by Gasteiger charge is -1.97. The smallest absolute Gasteiger partial charge is 0.216 e. The first kappa shape index (κ1) is 10.9. The molecule has 0 unspecified atom stereocenters. The van der Waals surface area contributed by atoms with Crippen molar-refractivity contribution in [3.05, 3.63) is 17.5 Å². The number of hydrogen-bond donors (Lipinski definition) is 0. The molecular weight excluding hydrogens is 222 g/mol. The van der Waals surface area contributed by atoms with Crippen molar-refractivity contribution in [1.82, 2.24) is 19.6 Å². The monoisotopic (exact) mass is 233 g/mol. The molecule has 0 aromatic carbocycles. The molecule has 2 rings (SSSR count). The van der Waals surface area contributed by atoms with Crippen molar-refractivity contribution in [3.63, 3.8) is 0 Å². The summed E-state index contributed by atoms with van der Waals surface area (Å²) in [7, 11) is 0. The van der Waals surface area contributed by atoms with Gasteiger partial charge in [0, 0.05) is 11.4 Å². The third kappa shape index (κ3) is 1.99. The highest BCUT2D eigenvalue weighted by Crippen LogP contribution is 2.19. The van der Waals surface area contributed by atoms with Crippen molar-refractivity contribution in [2.75, 3.05) is 0 Å². The van der Waals surface area contributed by atoms with Crippen molar-refractivity contribution in [2.24, 2.45) is 0 Å². The lowest BCUT2D eigenvalue weighted by atomic mass is 10.4. The zero-order chi connectivity index (χ0) is 11.7. The molecule has 1 atom stereocenters. The summed E-state index contributed by atoms with van der Waals surface area (Å²) in [6.45, 7) is 5.70. The van der Waals surface area contributed by atoms with E-state index in [-0.39, 0.29) is 5.25 Å². The number of nitriles is 1. The van der Waals surface area contributed by atoms with Gasteiger partial charge in [0.2, 0.25) is 5.16 Å². The Labute approximate surface area is 97.5 Å². The maximum absolute atomic E-state index is 8.72. The van der Waals surface area contributed by atoms with Crippen LogP contribution in [0.4, 0.5) is 0 Å². The molecule has 6 heteroatoms. The van der Waals surface area contributed by atoms with E-state index < -0.39 is 0 Å². The number of aryl methyl sites for hydroxylation is 2. The van der Waals surface area contributed by atoms with Crippen LogP contribution >= 0.6 is 11.8 Å². The summed E-state index contributed by atoms with van der Waals surface area (Å²) in [5.41, 5.74) is 1.91. The van der Waals surface area contributed by atoms with Crippen molar-refractivity contribution in [1.29, 1.82) is 5.26 Å². The lowest BCUT2D eigenvalue weighted by molar-refractivity contribution is 0.842. The fourth-order valence-corrected chi connectivity index (χ4v) is 2.01. The highest BCUT2D eigenvalue weighted by Gasteiger charge is 2.11. The Balaban J connectivity index is 2.45. The summed E-state index contributed by atoms with van der Waals surface area (Å²) in [5, 5.41) is 13.5. The first-order valence-electron chi connectivity index (χ1n) is 4.87. The Morgan fingerprint density at radius 1 is 1.44 bits per heavy atom. The fraction of sp³-hybridized carbons (Fsp3) is 0.400. The zero-order valence-corrected chi connectivity index (χ0v) is 10.1. The van der Waals surface area contributed by atoms with E-state index in [0.29, 0.717) is 10.9 Å². The predicted molar refractivity (Wildman–Crippen MR) is 61.2 cm³/mol. The summed E-state index contributed by atoms with van der Waals surface area (Å²) >= 11 is 1.34. The van der Waals surface area contributed by atoms with Crippen LogP contribution in [-0.2, 0) is 0 Å². The molecule has 2 aromatic heterocycles. The molecule has 0 fully saturated rings.